The van der Waals surface area contributed by atoms with E-state index in [9.17, 15) is 27.6 Å². The molecule has 30 heavy (non-hydrogen) atoms. The molecule has 1 heterocycles. The Balaban J connectivity index is 1.84. The van der Waals surface area contributed by atoms with Crippen molar-refractivity contribution in [3.8, 4) is 0 Å². The molecule has 0 saturated heterocycles. The predicted octanol–water partition coefficient (Wildman–Crippen LogP) is 3.85. The minimum atomic E-state index is -4.60. The fraction of sp³-hybridized carbons (Fsp3) is 0.286. The van der Waals surface area contributed by atoms with E-state index in [4.69, 9.17) is 4.74 Å². The van der Waals surface area contributed by atoms with Crippen molar-refractivity contribution in [1.82, 2.24) is 0 Å². The molecule has 0 aromatic heterocycles. The van der Waals surface area contributed by atoms with E-state index in [2.05, 4.69) is 5.32 Å². The number of ether oxygens (including phenoxy) is 1. The molecular weight excluding hydrogens is 401 g/mol. The second-order valence-corrected chi connectivity index (χ2v) is 7.00. The third-order valence-corrected chi connectivity index (χ3v) is 4.91. The average molecular weight is 420 g/mol. The molecule has 0 radical (unpaired) electrons. The van der Waals surface area contributed by atoms with Crippen LogP contribution in [-0.4, -0.2) is 30.4 Å². The van der Waals surface area contributed by atoms with Crippen molar-refractivity contribution in [2.75, 3.05) is 16.8 Å². The van der Waals surface area contributed by atoms with Crippen LogP contribution in [0.15, 0.2) is 36.4 Å². The third-order valence-electron chi connectivity index (χ3n) is 4.91. The van der Waals surface area contributed by atoms with Crippen molar-refractivity contribution in [3.63, 3.8) is 0 Å². The summed E-state index contributed by atoms with van der Waals surface area (Å²) in [5.41, 5.74) is 0.909. The summed E-state index contributed by atoms with van der Waals surface area (Å²) in [4.78, 5) is 38.3. The zero-order valence-electron chi connectivity index (χ0n) is 16.5. The maximum atomic E-state index is 13.0. The Labute approximate surface area is 170 Å². The molecule has 0 saturated carbocycles. The third kappa shape index (κ3) is 4.14. The molecule has 0 fully saturated rings. The van der Waals surface area contributed by atoms with Gasteiger partial charge in [-0.25, -0.2) is 4.79 Å². The topological polar surface area (TPSA) is 75.7 Å². The SMILES string of the molecule is Cc1cccc(C(=O)O[C@@H](C)C(=O)N2CC(=O)Nc3cc(C(F)(F)F)ccc32)c1C. The lowest BCUT2D eigenvalue weighted by Crippen LogP contribution is -2.47. The Morgan fingerprint density at radius 3 is 2.53 bits per heavy atom. The number of carbonyl (C=O) groups is 3. The Hall–Kier alpha value is -3.36. The number of aryl methyl sites for hydroxylation is 1. The highest BCUT2D eigenvalue weighted by atomic mass is 19.4. The van der Waals surface area contributed by atoms with E-state index in [0.29, 0.717) is 11.1 Å². The number of anilines is 2. The first kappa shape index (κ1) is 21.4. The van der Waals surface area contributed by atoms with Crippen molar-refractivity contribution < 1.29 is 32.3 Å². The number of nitrogens with one attached hydrogen (secondary N) is 1. The first-order valence-electron chi connectivity index (χ1n) is 9.08. The number of hydrogen-bond donors (Lipinski definition) is 1. The molecule has 2 amide bonds. The van der Waals surface area contributed by atoms with E-state index in [0.717, 1.165) is 28.7 Å². The van der Waals surface area contributed by atoms with Crippen LogP contribution in [0.2, 0.25) is 0 Å². The Morgan fingerprint density at radius 2 is 1.87 bits per heavy atom. The highest BCUT2D eigenvalue weighted by Gasteiger charge is 2.35. The Kier molecular flexibility index (Phi) is 5.56. The maximum absolute atomic E-state index is 13.0. The van der Waals surface area contributed by atoms with Crippen molar-refractivity contribution in [2.24, 2.45) is 0 Å². The molecular formula is C21H19F3N2O4. The first-order valence-corrected chi connectivity index (χ1v) is 9.08. The van der Waals surface area contributed by atoms with Gasteiger partial charge < -0.3 is 10.1 Å². The fourth-order valence-electron chi connectivity index (χ4n) is 3.13. The maximum Gasteiger partial charge on any atom is 0.416 e. The first-order chi connectivity index (χ1) is 14.0. The van der Waals surface area contributed by atoms with Crippen molar-refractivity contribution in [3.05, 3.63) is 58.7 Å². The molecule has 0 aliphatic carbocycles. The van der Waals surface area contributed by atoms with Crippen LogP contribution in [0.4, 0.5) is 24.5 Å². The summed E-state index contributed by atoms with van der Waals surface area (Å²) < 4.78 is 44.1. The lowest BCUT2D eigenvalue weighted by molar-refractivity contribution is -0.137. The van der Waals surface area contributed by atoms with Crippen LogP contribution in [0, 0.1) is 13.8 Å². The van der Waals surface area contributed by atoms with Gasteiger partial charge in [0.1, 0.15) is 6.54 Å². The van der Waals surface area contributed by atoms with Crippen LogP contribution in [0.3, 0.4) is 0 Å². The number of alkyl halides is 3. The number of fused-ring (bicyclic) bond motifs is 1. The molecule has 0 unspecified atom stereocenters. The van der Waals surface area contributed by atoms with Crippen LogP contribution in [0.1, 0.15) is 34.0 Å². The van der Waals surface area contributed by atoms with E-state index in [-0.39, 0.29) is 11.4 Å². The number of carbonyl (C=O) groups excluding carboxylic acids is 3. The number of esters is 1. The average Bonchev–Trinajstić information content (AvgIpc) is 2.67. The van der Waals surface area contributed by atoms with Crippen molar-refractivity contribution in [2.45, 2.75) is 33.1 Å². The molecule has 0 spiro atoms. The van der Waals surface area contributed by atoms with E-state index in [1.807, 2.05) is 13.0 Å². The van der Waals surface area contributed by atoms with E-state index < -0.39 is 42.2 Å². The monoisotopic (exact) mass is 420 g/mol. The molecule has 1 N–H and O–H groups in total. The van der Waals surface area contributed by atoms with Gasteiger partial charge in [0.15, 0.2) is 6.10 Å². The van der Waals surface area contributed by atoms with Crippen LogP contribution in [-0.2, 0) is 20.5 Å². The van der Waals surface area contributed by atoms with Gasteiger partial charge in [-0.1, -0.05) is 12.1 Å². The minimum Gasteiger partial charge on any atom is -0.449 e. The summed E-state index contributed by atoms with van der Waals surface area (Å²) >= 11 is 0. The zero-order chi connectivity index (χ0) is 22.2. The van der Waals surface area contributed by atoms with Crippen molar-refractivity contribution in [1.29, 1.82) is 0 Å². The fourth-order valence-corrected chi connectivity index (χ4v) is 3.13. The number of hydrogen-bond acceptors (Lipinski definition) is 4. The molecule has 1 aliphatic rings. The molecule has 3 rings (SSSR count). The predicted molar refractivity (Wildman–Crippen MR) is 103 cm³/mol. The Morgan fingerprint density at radius 1 is 1.17 bits per heavy atom. The van der Waals surface area contributed by atoms with Gasteiger partial charge in [0.2, 0.25) is 5.91 Å². The molecule has 1 atom stereocenters. The highest BCUT2D eigenvalue weighted by Crippen LogP contribution is 2.37. The van der Waals surface area contributed by atoms with Crippen LogP contribution >= 0.6 is 0 Å². The summed E-state index contributed by atoms with van der Waals surface area (Å²) in [5.74, 6) is -2.07. The Bertz CT molecular complexity index is 1030. The van der Waals surface area contributed by atoms with Crippen LogP contribution in [0.25, 0.3) is 0 Å². The number of rotatable bonds is 3. The molecule has 2 aromatic rings. The summed E-state index contributed by atoms with van der Waals surface area (Å²) in [5, 5.41) is 2.34. The van der Waals surface area contributed by atoms with E-state index >= 15 is 0 Å². The van der Waals surface area contributed by atoms with Gasteiger partial charge in [-0.3, -0.25) is 14.5 Å². The summed E-state index contributed by atoms with van der Waals surface area (Å²) in [6.07, 6.45) is -5.85. The number of benzene rings is 2. The number of nitrogens with zero attached hydrogens (tertiary/aromatic N) is 1. The minimum absolute atomic E-state index is 0.0993. The summed E-state index contributed by atoms with van der Waals surface area (Å²) in [6, 6.07) is 7.79. The van der Waals surface area contributed by atoms with Crippen LogP contribution in [0.5, 0.6) is 0 Å². The van der Waals surface area contributed by atoms with Gasteiger partial charge in [-0.05, 0) is 56.2 Å². The summed E-state index contributed by atoms with van der Waals surface area (Å²) in [7, 11) is 0. The van der Waals surface area contributed by atoms with E-state index in [1.165, 1.54) is 6.92 Å². The van der Waals surface area contributed by atoms with Gasteiger partial charge in [-0.15, -0.1) is 0 Å². The van der Waals surface area contributed by atoms with E-state index in [1.54, 1.807) is 19.1 Å². The van der Waals surface area contributed by atoms with Gasteiger partial charge in [0, 0.05) is 0 Å². The van der Waals surface area contributed by atoms with Gasteiger partial charge in [0.25, 0.3) is 5.91 Å². The second-order valence-electron chi connectivity index (χ2n) is 7.00. The molecule has 2 aromatic carbocycles. The number of amides is 2. The van der Waals surface area contributed by atoms with Gasteiger partial charge in [-0.2, -0.15) is 13.2 Å². The largest absolute Gasteiger partial charge is 0.449 e. The second kappa shape index (κ2) is 7.81. The highest BCUT2D eigenvalue weighted by molar-refractivity contribution is 6.11. The molecule has 9 heteroatoms. The van der Waals surface area contributed by atoms with Gasteiger partial charge in [0.05, 0.1) is 22.5 Å². The lowest BCUT2D eigenvalue weighted by Gasteiger charge is -2.31. The molecule has 158 valence electrons. The van der Waals surface area contributed by atoms with Crippen molar-refractivity contribution >= 4 is 29.2 Å². The lowest BCUT2D eigenvalue weighted by atomic mass is 10.0. The molecule has 0 bridgehead atoms. The molecule has 6 nitrogen and oxygen atoms in total. The standard InChI is InChI=1S/C21H19F3N2O4/c1-11-5-4-6-15(12(11)2)20(29)30-13(3)19(28)26-10-18(27)25-16-9-14(21(22,23)24)7-8-17(16)26/h4-9,13H,10H2,1-3H3,(H,25,27)/t13-/m0/s1. The van der Waals surface area contributed by atoms with Crippen LogP contribution < -0.4 is 10.2 Å². The quantitative estimate of drug-likeness (QED) is 0.766. The summed E-state index contributed by atoms with van der Waals surface area (Å²) in [6.45, 7) is 4.53. The number of halogens is 3. The zero-order valence-corrected chi connectivity index (χ0v) is 16.5. The van der Waals surface area contributed by atoms with Gasteiger partial charge >= 0.3 is 12.1 Å². The normalized spacial score (nSPS) is 14.6. The smallest absolute Gasteiger partial charge is 0.416 e. The molecule has 1 aliphatic heterocycles.